The van der Waals surface area contributed by atoms with Gasteiger partial charge in [0, 0.05) is 22.4 Å². The van der Waals surface area contributed by atoms with Crippen LogP contribution in [0, 0.1) is 0 Å². The smallest absolute Gasteiger partial charge is 0.270 e. The van der Waals surface area contributed by atoms with Crippen LogP contribution in [0.15, 0.2) is 36.5 Å². The van der Waals surface area contributed by atoms with Crippen LogP contribution in [0.1, 0.15) is 36.8 Å². The van der Waals surface area contributed by atoms with Crippen molar-refractivity contribution in [1.29, 1.82) is 0 Å². The van der Waals surface area contributed by atoms with E-state index in [1.165, 1.54) is 30.5 Å². The van der Waals surface area contributed by atoms with Gasteiger partial charge in [-0.15, -0.1) is 0 Å². The quantitative estimate of drug-likeness (QED) is 0.780. The third-order valence-corrected chi connectivity index (χ3v) is 3.51. The van der Waals surface area contributed by atoms with Gasteiger partial charge in [-0.3, -0.25) is 14.6 Å². The van der Waals surface area contributed by atoms with E-state index in [-0.39, 0.29) is 35.2 Å². The summed E-state index contributed by atoms with van der Waals surface area (Å²) in [6, 6.07) is 7.52. The van der Waals surface area contributed by atoms with Gasteiger partial charge >= 0.3 is 0 Å². The second-order valence-corrected chi connectivity index (χ2v) is 7.04. The Hall–Kier alpha value is -2.60. The summed E-state index contributed by atoms with van der Waals surface area (Å²) in [4.78, 5) is 28.3. The molecule has 0 bridgehead atoms. The highest BCUT2D eigenvalue weighted by molar-refractivity contribution is 6.31. The van der Waals surface area contributed by atoms with Crippen molar-refractivity contribution in [3.63, 3.8) is 0 Å². The molecule has 0 atom stereocenters. The van der Waals surface area contributed by atoms with Crippen LogP contribution < -0.4 is 10.6 Å². The van der Waals surface area contributed by atoms with Crippen molar-refractivity contribution in [3.05, 3.63) is 52.8 Å². The topological polar surface area (TPSA) is 91.3 Å². The van der Waals surface area contributed by atoms with Crippen molar-refractivity contribution >= 4 is 29.1 Å². The maximum absolute atomic E-state index is 12.2. The molecule has 0 aliphatic carbocycles. The van der Waals surface area contributed by atoms with E-state index in [0.29, 0.717) is 16.3 Å². The predicted octanol–water partition coefficient (Wildman–Crippen LogP) is 3.15. The number of carbonyl (C=O) groups is 2. The van der Waals surface area contributed by atoms with E-state index in [9.17, 15) is 14.7 Å². The fraction of sp³-hybridized carbons (Fsp3) is 0.278. The Labute approximate surface area is 151 Å². The number of aromatic nitrogens is 1. The number of benzene rings is 1. The van der Waals surface area contributed by atoms with Crippen LogP contribution in [0.2, 0.25) is 5.02 Å². The first-order chi connectivity index (χ1) is 11.6. The van der Waals surface area contributed by atoms with E-state index >= 15 is 0 Å². The number of nitrogens with one attached hydrogen (secondary N) is 2. The van der Waals surface area contributed by atoms with Gasteiger partial charge in [0.25, 0.3) is 5.91 Å². The van der Waals surface area contributed by atoms with Crippen LogP contribution in [-0.4, -0.2) is 27.4 Å². The minimum Gasteiger partial charge on any atom is -0.508 e. The maximum atomic E-state index is 12.2. The van der Waals surface area contributed by atoms with Crippen molar-refractivity contribution < 1.29 is 14.7 Å². The zero-order chi connectivity index (χ0) is 18.6. The first-order valence-electron chi connectivity index (χ1n) is 7.70. The first-order valence-corrected chi connectivity index (χ1v) is 8.08. The molecule has 0 saturated heterocycles. The Morgan fingerprint density at radius 3 is 2.60 bits per heavy atom. The van der Waals surface area contributed by atoms with Crippen molar-refractivity contribution in [2.24, 2.45) is 0 Å². The summed E-state index contributed by atoms with van der Waals surface area (Å²) in [6.45, 7) is 5.61. The average Bonchev–Trinajstić information content (AvgIpc) is 2.49. The zero-order valence-corrected chi connectivity index (χ0v) is 15.0. The van der Waals surface area contributed by atoms with Gasteiger partial charge in [-0.1, -0.05) is 11.6 Å². The van der Waals surface area contributed by atoms with Gasteiger partial charge in [-0.05, 0) is 56.7 Å². The fourth-order valence-corrected chi connectivity index (χ4v) is 2.30. The van der Waals surface area contributed by atoms with Crippen LogP contribution >= 0.6 is 11.6 Å². The standard InChI is InChI=1S/C18H20ClN3O3/c1-18(2,3)22-17(25)15-10-12(6-7-20-15)21-16(24)9-11-8-13(23)4-5-14(11)19/h4-8,10,23H,9H2,1-3H3,(H,22,25)(H,20,21,24). The molecule has 132 valence electrons. The molecule has 25 heavy (non-hydrogen) atoms. The summed E-state index contributed by atoms with van der Waals surface area (Å²) in [5.74, 6) is -0.599. The zero-order valence-electron chi connectivity index (χ0n) is 14.3. The van der Waals surface area contributed by atoms with Crippen molar-refractivity contribution in [2.75, 3.05) is 5.32 Å². The number of anilines is 1. The Balaban J connectivity index is 2.07. The Kier molecular flexibility index (Phi) is 5.64. The van der Waals surface area contributed by atoms with Crippen molar-refractivity contribution in [1.82, 2.24) is 10.3 Å². The molecule has 0 spiro atoms. The molecule has 3 N–H and O–H groups in total. The minimum atomic E-state index is -0.385. The van der Waals surface area contributed by atoms with E-state index in [1.54, 1.807) is 6.07 Å². The SMILES string of the molecule is CC(C)(C)NC(=O)c1cc(NC(=O)Cc2cc(O)ccc2Cl)ccn1. The Bertz CT molecular complexity index is 800. The molecule has 2 amide bonds. The largest absolute Gasteiger partial charge is 0.508 e. The highest BCUT2D eigenvalue weighted by Gasteiger charge is 2.17. The lowest BCUT2D eigenvalue weighted by molar-refractivity contribution is -0.115. The number of halogens is 1. The van der Waals surface area contributed by atoms with Gasteiger partial charge in [0.1, 0.15) is 11.4 Å². The molecule has 2 rings (SSSR count). The van der Waals surface area contributed by atoms with Gasteiger partial charge in [-0.2, -0.15) is 0 Å². The number of hydrogen-bond donors (Lipinski definition) is 3. The number of nitrogens with zero attached hydrogens (tertiary/aromatic N) is 1. The summed E-state index contributed by atoms with van der Waals surface area (Å²) < 4.78 is 0. The summed E-state index contributed by atoms with van der Waals surface area (Å²) in [7, 11) is 0. The van der Waals surface area contributed by atoms with E-state index in [2.05, 4.69) is 15.6 Å². The van der Waals surface area contributed by atoms with E-state index in [0.717, 1.165) is 0 Å². The lowest BCUT2D eigenvalue weighted by Crippen LogP contribution is -2.40. The van der Waals surface area contributed by atoms with Crippen LogP contribution in [0.25, 0.3) is 0 Å². The minimum absolute atomic E-state index is 0.000916. The van der Waals surface area contributed by atoms with Gasteiger partial charge in [-0.25, -0.2) is 0 Å². The molecular formula is C18H20ClN3O3. The molecule has 1 heterocycles. The van der Waals surface area contributed by atoms with Crippen LogP contribution in [0.3, 0.4) is 0 Å². The van der Waals surface area contributed by atoms with Gasteiger partial charge < -0.3 is 15.7 Å². The first kappa shape index (κ1) is 18.7. The van der Waals surface area contributed by atoms with Gasteiger partial charge in [0.05, 0.1) is 6.42 Å². The molecule has 6 nitrogen and oxygen atoms in total. The Morgan fingerprint density at radius 1 is 1.20 bits per heavy atom. The average molecular weight is 362 g/mol. The Morgan fingerprint density at radius 2 is 1.92 bits per heavy atom. The van der Waals surface area contributed by atoms with Crippen LogP contribution in [0.4, 0.5) is 5.69 Å². The molecular weight excluding hydrogens is 342 g/mol. The second-order valence-electron chi connectivity index (χ2n) is 6.63. The highest BCUT2D eigenvalue weighted by atomic mass is 35.5. The number of phenols is 1. The monoisotopic (exact) mass is 361 g/mol. The summed E-state index contributed by atoms with van der Waals surface area (Å²) in [5, 5.41) is 15.4. The van der Waals surface area contributed by atoms with E-state index < -0.39 is 0 Å². The molecule has 0 aliphatic heterocycles. The second kappa shape index (κ2) is 7.53. The summed E-state index contributed by atoms with van der Waals surface area (Å²) in [5.41, 5.74) is 0.793. The predicted molar refractivity (Wildman–Crippen MR) is 96.9 cm³/mol. The van der Waals surface area contributed by atoms with Gasteiger partial charge in [0.15, 0.2) is 0 Å². The van der Waals surface area contributed by atoms with Crippen LogP contribution in [0.5, 0.6) is 5.75 Å². The number of carbonyl (C=O) groups excluding carboxylic acids is 2. The van der Waals surface area contributed by atoms with Crippen molar-refractivity contribution in [3.8, 4) is 5.75 Å². The highest BCUT2D eigenvalue weighted by Crippen LogP contribution is 2.22. The molecule has 0 saturated carbocycles. The van der Waals surface area contributed by atoms with E-state index in [1.807, 2.05) is 20.8 Å². The molecule has 1 aromatic heterocycles. The summed E-state index contributed by atoms with van der Waals surface area (Å²) in [6.07, 6.45) is 1.45. The fourth-order valence-electron chi connectivity index (χ4n) is 2.11. The molecule has 0 fully saturated rings. The normalized spacial score (nSPS) is 11.0. The number of aromatic hydroxyl groups is 1. The number of hydrogen-bond acceptors (Lipinski definition) is 4. The molecule has 1 aromatic carbocycles. The third-order valence-electron chi connectivity index (χ3n) is 3.15. The van der Waals surface area contributed by atoms with Gasteiger partial charge in [0.2, 0.25) is 5.91 Å². The molecule has 2 aromatic rings. The lowest BCUT2D eigenvalue weighted by Gasteiger charge is -2.20. The number of rotatable bonds is 4. The van der Waals surface area contributed by atoms with E-state index in [4.69, 9.17) is 11.6 Å². The molecule has 0 aliphatic rings. The number of phenolic OH excluding ortho intramolecular Hbond substituents is 1. The molecule has 0 radical (unpaired) electrons. The third kappa shape index (κ3) is 5.76. The molecule has 0 unspecified atom stereocenters. The maximum Gasteiger partial charge on any atom is 0.270 e. The molecule has 7 heteroatoms. The number of pyridine rings is 1. The van der Waals surface area contributed by atoms with Crippen LogP contribution in [-0.2, 0) is 11.2 Å². The van der Waals surface area contributed by atoms with Crippen molar-refractivity contribution in [2.45, 2.75) is 32.7 Å². The lowest BCUT2D eigenvalue weighted by atomic mass is 10.1. The number of amides is 2. The summed E-state index contributed by atoms with van der Waals surface area (Å²) >= 11 is 6.02.